The molecule has 0 heterocycles. The van der Waals surface area contributed by atoms with Crippen molar-refractivity contribution in [1.29, 1.82) is 0 Å². The molecule has 0 saturated carbocycles. The Morgan fingerprint density at radius 1 is 1.09 bits per heavy atom. The number of rotatable bonds is 0. The summed E-state index contributed by atoms with van der Waals surface area (Å²) in [5.41, 5.74) is 7.15. The molecule has 1 unspecified atom stereocenters. The summed E-state index contributed by atoms with van der Waals surface area (Å²) in [6.07, 6.45) is 5.52. The van der Waals surface area contributed by atoms with Gasteiger partial charge in [-0.3, -0.25) is 6.08 Å². The van der Waals surface area contributed by atoms with Gasteiger partial charge in [0, 0.05) is 0 Å². The van der Waals surface area contributed by atoms with Crippen LogP contribution in [0.2, 0.25) is 13.1 Å². The molecule has 22 heavy (non-hydrogen) atoms. The van der Waals surface area contributed by atoms with E-state index in [1.807, 2.05) is 0 Å². The van der Waals surface area contributed by atoms with Crippen molar-refractivity contribution in [2.75, 3.05) is 0 Å². The van der Waals surface area contributed by atoms with Crippen molar-refractivity contribution in [2.24, 2.45) is 5.92 Å². The third-order valence-corrected chi connectivity index (χ3v) is 3.05. The monoisotopic (exact) mass is 522 g/mol. The largest absolute Gasteiger partial charge is 1.00 e. The Balaban J connectivity index is -0.000000249. The van der Waals surface area contributed by atoms with E-state index >= 15 is 0 Å². The second-order valence-corrected chi connectivity index (χ2v) is 18.6. The van der Waals surface area contributed by atoms with Crippen molar-refractivity contribution < 1.29 is 47.8 Å². The average Bonchev–Trinajstić information content (AvgIpc) is 2.70. The van der Waals surface area contributed by atoms with E-state index in [1.54, 1.807) is 0 Å². The third-order valence-electron chi connectivity index (χ3n) is 3.05. The van der Waals surface area contributed by atoms with Crippen molar-refractivity contribution >= 4 is 5.49 Å². The van der Waals surface area contributed by atoms with Crippen molar-refractivity contribution in [1.82, 2.24) is 0 Å². The summed E-state index contributed by atoms with van der Waals surface area (Å²) in [6, 6.07) is 4.41. The van der Waals surface area contributed by atoms with E-state index in [2.05, 4.69) is 78.9 Å². The van der Waals surface area contributed by atoms with Crippen molar-refractivity contribution in [3.05, 3.63) is 52.1 Å². The van der Waals surface area contributed by atoms with E-state index in [-0.39, 0.29) is 30.3 Å². The molecule has 0 nitrogen and oxygen atoms in total. The summed E-state index contributed by atoms with van der Waals surface area (Å²) >= 11 is 1.45. The van der Waals surface area contributed by atoms with E-state index in [4.69, 9.17) is 0 Å². The fraction of sp³-hybridized carbons (Fsp3) is 0.500. The minimum atomic E-state index is 0. The fourth-order valence-corrected chi connectivity index (χ4v) is 1.95. The van der Waals surface area contributed by atoms with Gasteiger partial charge in [0.15, 0.2) is 0 Å². The summed E-state index contributed by atoms with van der Waals surface area (Å²) in [6.45, 7) is 17.5. The quantitative estimate of drug-likeness (QED) is 0.318. The molecule has 2 rings (SSSR count). The van der Waals surface area contributed by atoms with E-state index in [0.717, 1.165) is 0 Å². The molecule has 1 aromatic rings. The predicted octanol–water partition coefficient (Wildman–Crippen LogP) is -0.545. The Bertz CT molecular complexity index is 472. The summed E-state index contributed by atoms with van der Waals surface area (Å²) < 4.78 is 0. The maximum absolute atomic E-state index is 3.29. The van der Waals surface area contributed by atoms with Gasteiger partial charge in [-0.1, -0.05) is 40.5 Å². The van der Waals surface area contributed by atoms with Crippen LogP contribution in [0.15, 0.2) is 29.4 Å². The molecule has 1 atom stereocenters. The molecular weight excluding hydrogens is 494 g/mol. The summed E-state index contributed by atoms with van der Waals surface area (Å²) in [5.74, 6) is 0.551. The van der Waals surface area contributed by atoms with Gasteiger partial charge in [-0.25, -0.2) is 17.2 Å². The standard InChI is InChI=1S/2C8H11.C2H6Si.2ClH.Hf/c2*1-6-4-7(2)8(3)5-6;1-3-2;;;/h4,6H,1-3H3;4-5H,1-3H3;1-2H3;2*1H;/q2*-1;;;;+2/p-2. The van der Waals surface area contributed by atoms with Crippen LogP contribution in [0.25, 0.3) is 0 Å². The zero-order chi connectivity index (χ0) is 15.9. The maximum atomic E-state index is 3.29. The van der Waals surface area contributed by atoms with Crippen LogP contribution >= 0.6 is 0 Å². The Morgan fingerprint density at radius 2 is 1.55 bits per heavy atom. The molecule has 0 aliphatic heterocycles. The maximum Gasteiger partial charge on any atom is -0.0632 e. The van der Waals surface area contributed by atoms with Crippen molar-refractivity contribution in [3.8, 4) is 0 Å². The van der Waals surface area contributed by atoms with Gasteiger partial charge >= 0.3 is 41.6 Å². The average molecular weight is 522 g/mol. The SMILES string of the molecule is CC1=[C-]C(C)C=C1C.C[Si](C)=[Hf+2].Cc1cc(C)c(C)[cH-]1.[Cl-].[Cl-]. The Kier molecular flexibility index (Phi) is 17.3. The number of hydrogen-bond donors (Lipinski definition) is 0. The summed E-state index contributed by atoms with van der Waals surface area (Å²) in [5, 5.41) is 0. The molecule has 0 amide bonds. The van der Waals surface area contributed by atoms with Crippen molar-refractivity contribution in [3.63, 3.8) is 0 Å². The number of hydrogen-bond acceptors (Lipinski definition) is 0. The van der Waals surface area contributed by atoms with E-state index < -0.39 is 0 Å². The molecule has 1 aliphatic carbocycles. The first-order valence-corrected chi connectivity index (χ1v) is 15.0. The molecule has 0 N–H and O–H groups in total. The second-order valence-electron chi connectivity index (χ2n) is 5.81. The van der Waals surface area contributed by atoms with Gasteiger partial charge in [0.05, 0.1) is 0 Å². The zero-order valence-electron chi connectivity index (χ0n) is 15.1. The predicted molar refractivity (Wildman–Crippen MR) is 89.1 cm³/mol. The van der Waals surface area contributed by atoms with Gasteiger partial charge in [-0.15, -0.1) is 6.92 Å². The van der Waals surface area contributed by atoms with Crippen LogP contribution in [-0.2, 0) is 23.0 Å². The zero-order valence-corrected chi connectivity index (χ0v) is 21.2. The smallest absolute Gasteiger partial charge is 0.0632 e. The first-order valence-electron chi connectivity index (χ1n) is 7.14. The molecule has 0 spiro atoms. The van der Waals surface area contributed by atoms with E-state index in [9.17, 15) is 0 Å². The van der Waals surface area contributed by atoms with Crippen molar-refractivity contribution in [2.45, 2.75) is 54.6 Å². The molecule has 0 bridgehead atoms. The Hall–Kier alpha value is 0.497. The van der Waals surface area contributed by atoms with Gasteiger partial charge in [0.2, 0.25) is 0 Å². The summed E-state index contributed by atoms with van der Waals surface area (Å²) in [7, 11) is 0. The van der Waals surface area contributed by atoms with Crippen LogP contribution < -0.4 is 24.8 Å². The van der Waals surface area contributed by atoms with Gasteiger partial charge in [-0.05, 0) is 0 Å². The molecule has 0 saturated heterocycles. The molecular formula is C18H28Cl2HfSi-2. The molecule has 4 heteroatoms. The van der Waals surface area contributed by atoms with Crippen LogP contribution in [0.1, 0.15) is 37.5 Å². The van der Waals surface area contributed by atoms with Crippen LogP contribution in [0, 0.1) is 32.8 Å². The van der Waals surface area contributed by atoms with Gasteiger partial charge in [0.1, 0.15) is 0 Å². The first-order chi connectivity index (χ1) is 9.13. The number of allylic oxidation sites excluding steroid dienone is 4. The molecule has 1 aliphatic rings. The molecule has 0 radical (unpaired) electrons. The Morgan fingerprint density at radius 3 is 1.64 bits per heavy atom. The normalized spacial score (nSPS) is 14.9. The van der Waals surface area contributed by atoms with E-state index in [1.165, 1.54) is 50.8 Å². The molecule has 124 valence electrons. The topological polar surface area (TPSA) is 0 Å². The van der Waals surface area contributed by atoms with Gasteiger partial charge in [-0.2, -0.15) is 28.8 Å². The third kappa shape index (κ3) is 13.0. The van der Waals surface area contributed by atoms with E-state index in [0.29, 0.717) is 5.92 Å². The summed E-state index contributed by atoms with van der Waals surface area (Å²) in [4.78, 5) is 0. The fourth-order valence-electron chi connectivity index (χ4n) is 1.95. The van der Waals surface area contributed by atoms with Gasteiger partial charge < -0.3 is 24.8 Å². The molecule has 1 aromatic carbocycles. The van der Waals surface area contributed by atoms with Gasteiger partial charge in [0.25, 0.3) is 0 Å². The minimum absolute atomic E-state index is 0. The van der Waals surface area contributed by atoms with Crippen LogP contribution in [0.3, 0.4) is 0 Å². The number of halogens is 2. The molecule has 0 aromatic heterocycles. The first kappa shape index (κ1) is 27.3. The van der Waals surface area contributed by atoms with Crippen LogP contribution in [-0.4, -0.2) is 5.49 Å². The minimum Gasteiger partial charge on any atom is -1.00 e. The van der Waals surface area contributed by atoms with Crippen LogP contribution in [0.5, 0.6) is 0 Å². The molecule has 0 fully saturated rings. The van der Waals surface area contributed by atoms with Crippen LogP contribution in [0.4, 0.5) is 0 Å². The Labute approximate surface area is 165 Å². The number of aryl methyl sites for hydroxylation is 3. The second kappa shape index (κ2) is 13.9.